The first-order valence-corrected chi connectivity index (χ1v) is 7.92. The predicted molar refractivity (Wildman–Crippen MR) is 84.2 cm³/mol. The van der Waals surface area contributed by atoms with Crippen LogP contribution in [0.5, 0.6) is 0 Å². The van der Waals surface area contributed by atoms with Crippen molar-refractivity contribution in [1.82, 2.24) is 15.3 Å². The van der Waals surface area contributed by atoms with Gasteiger partial charge in [-0.15, -0.1) is 0 Å². The van der Waals surface area contributed by atoms with Gasteiger partial charge in [-0.1, -0.05) is 27.2 Å². The second kappa shape index (κ2) is 7.02. The monoisotopic (exact) mass is 276 g/mol. The number of nitrogens with zero attached hydrogens (tertiary/aromatic N) is 3. The van der Waals surface area contributed by atoms with Crippen molar-refractivity contribution >= 4 is 5.69 Å². The van der Waals surface area contributed by atoms with Crippen LogP contribution in [-0.2, 0) is 6.54 Å². The summed E-state index contributed by atoms with van der Waals surface area (Å²) in [4.78, 5) is 11.6. The van der Waals surface area contributed by atoms with E-state index in [0.717, 1.165) is 24.6 Å². The summed E-state index contributed by atoms with van der Waals surface area (Å²) in [7, 11) is 2.14. The summed E-state index contributed by atoms with van der Waals surface area (Å²) in [5.74, 6) is 1.33. The summed E-state index contributed by atoms with van der Waals surface area (Å²) < 4.78 is 0. The SMILES string of the molecule is CCCCN(C)c1cnc(C(C)C)nc1CNC1CC1. The minimum absolute atomic E-state index is 0.379. The molecule has 1 fully saturated rings. The van der Waals surface area contributed by atoms with Gasteiger partial charge in [-0.25, -0.2) is 9.97 Å². The molecule has 0 bridgehead atoms. The van der Waals surface area contributed by atoms with Crippen LogP contribution in [0.4, 0.5) is 5.69 Å². The Morgan fingerprint density at radius 2 is 2.15 bits per heavy atom. The molecule has 0 aliphatic heterocycles. The van der Waals surface area contributed by atoms with E-state index in [4.69, 9.17) is 4.98 Å². The molecule has 1 N–H and O–H groups in total. The lowest BCUT2D eigenvalue weighted by Crippen LogP contribution is -2.24. The van der Waals surface area contributed by atoms with Gasteiger partial charge in [-0.3, -0.25) is 0 Å². The van der Waals surface area contributed by atoms with Crippen molar-refractivity contribution in [2.24, 2.45) is 0 Å². The Balaban J connectivity index is 2.13. The van der Waals surface area contributed by atoms with Gasteiger partial charge in [0, 0.05) is 32.1 Å². The third-order valence-electron chi connectivity index (χ3n) is 3.77. The first-order chi connectivity index (χ1) is 9.61. The Kier molecular flexibility index (Phi) is 5.35. The second-order valence-electron chi connectivity index (χ2n) is 6.15. The molecule has 0 radical (unpaired) electrons. The smallest absolute Gasteiger partial charge is 0.131 e. The number of aromatic nitrogens is 2. The van der Waals surface area contributed by atoms with E-state index in [2.05, 4.69) is 43.0 Å². The number of hydrogen-bond donors (Lipinski definition) is 1. The van der Waals surface area contributed by atoms with Gasteiger partial charge >= 0.3 is 0 Å². The molecular formula is C16H28N4. The lowest BCUT2D eigenvalue weighted by molar-refractivity contribution is 0.654. The fourth-order valence-electron chi connectivity index (χ4n) is 2.20. The van der Waals surface area contributed by atoms with Crippen LogP contribution in [-0.4, -0.2) is 29.6 Å². The predicted octanol–water partition coefficient (Wildman–Crippen LogP) is 3.09. The lowest BCUT2D eigenvalue weighted by Gasteiger charge is -2.22. The van der Waals surface area contributed by atoms with E-state index >= 15 is 0 Å². The normalized spacial score (nSPS) is 14.8. The number of unbranched alkanes of at least 4 members (excludes halogenated alkanes) is 1. The lowest BCUT2D eigenvalue weighted by atomic mass is 10.2. The zero-order valence-electron chi connectivity index (χ0n) is 13.3. The molecule has 2 rings (SSSR count). The van der Waals surface area contributed by atoms with Gasteiger partial charge in [0.15, 0.2) is 0 Å². The molecule has 1 saturated carbocycles. The molecule has 112 valence electrons. The number of nitrogens with one attached hydrogen (secondary N) is 1. The van der Waals surface area contributed by atoms with E-state index in [9.17, 15) is 0 Å². The van der Waals surface area contributed by atoms with E-state index in [-0.39, 0.29) is 0 Å². The molecule has 1 aromatic rings. The molecule has 0 unspecified atom stereocenters. The van der Waals surface area contributed by atoms with E-state index in [1.54, 1.807) is 0 Å². The average molecular weight is 276 g/mol. The zero-order valence-corrected chi connectivity index (χ0v) is 13.3. The first-order valence-electron chi connectivity index (χ1n) is 7.92. The maximum absolute atomic E-state index is 4.79. The number of anilines is 1. The van der Waals surface area contributed by atoms with Gasteiger partial charge < -0.3 is 10.2 Å². The van der Waals surface area contributed by atoms with Crippen molar-refractivity contribution in [2.75, 3.05) is 18.5 Å². The Labute approximate surface area is 123 Å². The average Bonchev–Trinajstić information content (AvgIpc) is 3.26. The van der Waals surface area contributed by atoms with Crippen LogP contribution in [0, 0.1) is 0 Å². The standard InChI is InChI=1S/C16H28N4/c1-5-6-9-20(4)15-11-18-16(12(2)3)19-14(15)10-17-13-7-8-13/h11-13,17H,5-10H2,1-4H3. The Bertz CT molecular complexity index is 426. The fraction of sp³-hybridized carbons (Fsp3) is 0.750. The van der Waals surface area contributed by atoms with Gasteiger partial charge in [0.1, 0.15) is 5.82 Å². The topological polar surface area (TPSA) is 41.1 Å². The minimum atomic E-state index is 0.379. The maximum atomic E-state index is 4.79. The van der Waals surface area contributed by atoms with Crippen LogP contribution in [0.1, 0.15) is 63.9 Å². The zero-order chi connectivity index (χ0) is 14.5. The second-order valence-corrected chi connectivity index (χ2v) is 6.15. The van der Waals surface area contributed by atoms with Crippen LogP contribution in [0.2, 0.25) is 0 Å². The molecule has 0 amide bonds. The number of rotatable bonds is 8. The molecule has 0 atom stereocenters. The van der Waals surface area contributed by atoms with Crippen LogP contribution in [0.15, 0.2) is 6.20 Å². The summed E-state index contributed by atoms with van der Waals surface area (Å²) in [6.07, 6.45) is 7.04. The Hall–Kier alpha value is -1.16. The van der Waals surface area contributed by atoms with Gasteiger partial charge in [-0.05, 0) is 19.3 Å². The third-order valence-corrected chi connectivity index (χ3v) is 3.77. The van der Waals surface area contributed by atoms with Crippen molar-refractivity contribution in [3.63, 3.8) is 0 Å². The minimum Gasteiger partial charge on any atom is -0.372 e. The molecule has 1 aromatic heterocycles. The van der Waals surface area contributed by atoms with Gasteiger partial charge in [-0.2, -0.15) is 0 Å². The molecule has 1 aliphatic carbocycles. The summed E-state index contributed by atoms with van der Waals surface area (Å²) in [6, 6.07) is 0.710. The molecule has 0 saturated heterocycles. The van der Waals surface area contributed by atoms with Crippen LogP contribution in [0.25, 0.3) is 0 Å². The number of hydrogen-bond acceptors (Lipinski definition) is 4. The highest BCUT2D eigenvalue weighted by atomic mass is 15.1. The van der Waals surface area contributed by atoms with Crippen molar-refractivity contribution < 1.29 is 0 Å². The van der Waals surface area contributed by atoms with E-state index in [0.29, 0.717) is 12.0 Å². The Morgan fingerprint density at radius 1 is 1.40 bits per heavy atom. The van der Waals surface area contributed by atoms with E-state index in [1.165, 1.54) is 31.4 Å². The molecule has 0 spiro atoms. The molecule has 0 aromatic carbocycles. The molecule has 1 heterocycles. The van der Waals surface area contributed by atoms with Gasteiger partial charge in [0.25, 0.3) is 0 Å². The molecule has 1 aliphatic rings. The highest BCUT2D eigenvalue weighted by molar-refractivity contribution is 5.48. The summed E-state index contributed by atoms with van der Waals surface area (Å²) in [5, 5.41) is 3.57. The van der Waals surface area contributed by atoms with Crippen molar-refractivity contribution in [2.45, 2.75) is 65.0 Å². The first kappa shape index (κ1) is 15.2. The summed E-state index contributed by atoms with van der Waals surface area (Å²) >= 11 is 0. The molecular weight excluding hydrogens is 248 g/mol. The summed E-state index contributed by atoms with van der Waals surface area (Å²) in [5.41, 5.74) is 2.32. The van der Waals surface area contributed by atoms with E-state index in [1.807, 2.05) is 6.20 Å². The van der Waals surface area contributed by atoms with Crippen LogP contribution >= 0.6 is 0 Å². The molecule has 4 nitrogen and oxygen atoms in total. The van der Waals surface area contributed by atoms with Crippen LogP contribution in [0.3, 0.4) is 0 Å². The molecule has 20 heavy (non-hydrogen) atoms. The third kappa shape index (κ3) is 4.17. The van der Waals surface area contributed by atoms with Crippen molar-refractivity contribution in [1.29, 1.82) is 0 Å². The largest absolute Gasteiger partial charge is 0.372 e. The maximum Gasteiger partial charge on any atom is 0.131 e. The van der Waals surface area contributed by atoms with Gasteiger partial charge in [0.2, 0.25) is 0 Å². The van der Waals surface area contributed by atoms with Crippen molar-refractivity contribution in [3.8, 4) is 0 Å². The quantitative estimate of drug-likeness (QED) is 0.792. The highest BCUT2D eigenvalue weighted by Crippen LogP contribution is 2.23. The van der Waals surface area contributed by atoms with Crippen molar-refractivity contribution in [3.05, 3.63) is 17.7 Å². The highest BCUT2D eigenvalue weighted by Gasteiger charge is 2.21. The van der Waals surface area contributed by atoms with E-state index < -0.39 is 0 Å². The molecule has 4 heteroatoms. The Morgan fingerprint density at radius 3 is 2.75 bits per heavy atom. The summed E-state index contributed by atoms with van der Waals surface area (Å²) in [6.45, 7) is 8.44. The van der Waals surface area contributed by atoms with Gasteiger partial charge in [0.05, 0.1) is 17.6 Å². The fourth-order valence-corrected chi connectivity index (χ4v) is 2.20. The van der Waals surface area contributed by atoms with Crippen LogP contribution < -0.4 is 10.2 Å².